The number of carboxylic acid groups (broad SMARTS) is 1. The topological polar surface area (TPSA) is 95.4 Å². The van der Waals surface area contributed by atoms with Gasteiger partial charge in [-0.15, -0.1) is 11.6 Å². The number of allylic oxidation sites excluding steroid dienone is 3. The third kappa shape index (κ3) is 6.24. The number of amides is 1. The van der Waals surface area contributed by atoms with Crippen LogP contribution in [0, 0.1) is 5.92 Å². The zero-order valence-corrected chi connectivity index (χ0v) is 20.4. The fourth-order valence-electron chi connectivity index (χ4n) is 3.62. The summed E-state index contributed by atoms with van der Waals surface area (Å²) in [5, 5.41) is 12.4. The van der Waals surface area contributed by atoms with Gasteiger partial charge in [0.1, 0.15) is 6.04 Å². The van der Waals surface area contributed by atoms with Gasteiger partial charge in [0, 0.05) is 29.7 Å². The summed E-state index contributed by atoms with van der Waals surface area (Å²) in [5.74, 6) is -1.92. The van der Waals surface area contributed by atoms with Crippen molar-refractivity contribution in [1.82, 2.24) is 15.3 Å². The highest BCUT2D eigenvalue weighted by Gasteiger charge is 2.40. The zero-order valence-electron chi connectivity index (χ0n) is 18.9. The number of carbonyl (C=O) groups is 2. The van der Waals surface area contributed by atoms with Gasteiger partial charge in [0.05, 0.1) is 10.8 Å². The molecule has 0 aliphatic heterocycles. The number of benzene rings is 1. The van der Waals surface area contributed by atoms with E-state index in [-0.39, 0.29) is 11.5 Å². The number of rotatable bonds is 9. The van der Waals surface area contributed by atoms with Gasteiger partial charge in [0.15, 0.2) is 0 Å². The highest BCUT2D eigenvalue weighted by atomic mass is 35.5. The number of nitrogens with zero attached hydrogens (tertiary/aromatic N) is 3. The number of aliphatic carboxylic acids is 1. The number of hydrogen-bond acceptors (Lipinski definition) is 5. The van der Waals surface area contributed by atoms with E-state index < -0.39 is 28.7 Å². The SMILES string of the molecule is CCN(c1ccc(/C=C/CC(NC(=O)C2C(Cl)=CC=CC2(C)Cl)C(=O)O)cc1)c1ncccn1. The van der Waals surface area contributed by atoms with Crippen molar-refractivity contribution in [1.29, 1.82) is 0 Å². The zero-order chi connectivity index (χ0) is 24.7. The molecule has 9 heteroatoms. The van der Waals surface area contributed by atoms with Crippen molar-refractivity contribution < 1.29 is 14.7 Å². The van der Waals surface area contributed by atoms with E-state index in [2.05, 4.69) is 15.3 Å². The van der Waals surface area contributed by atoms with Crippen LogP contribution in [0.25, 0.3) is 6.08 Å². The van der Waals surface area contributed by atoms with Gasteiger partial charge < -0.3 is 15.3 Å². The predicted molar refractivity (Wildman–Crippen MR) is 135 cm³/mol. The van der Waals surface area contributed by atoms with Crippen LogP contribution in [0.2, 0.25) is 0 Å². The molecular weight excluding hydrogens is 475 g/mol. The van der Waals surface area contributed by atoms with Gasteiger partial charge in [0.2, 0.25) is 11.9 Å². The lowest BCUT2D eigenvalue weighted by atomic mass is 9.87. The van der Waals surface area contributed by atoms with Crippen LogP contribution in [0.1, 0.15) is 25.8 Å². The van der Waals surface area contributed by atoms with E-state index in [0.29, 0.717) is 12.5 Å². The first-order chi connectivity index (χ1) is 16.2. The van der Waals surface area contributed by atoms with E-state index in [1.165, 1.54) is 0 Å². The predicted octanol–water partition coefficient (Wildman–Crippen LogP) is 4.91. The van der Waals surface area contributed by atoms with Crippen molar-refractivity contribution in [3.8, 4) is 0 Å². The molecule has 0 spiro atoms. The number of halogens is 2. The molecule has 1 aromatic carbocycles. The fraction of sp³-hybridized carbons (Fsp3) is 0.280. The molecule has 3 atom stereocenters. The van der Waals surface area contributed by atoms with E-state index in [4.69, 9.17) is 23.2 Å². The maximum absolute atomic E-state index is 12.8. The molecule has 1 aliphatic carbocycles. The molecule has 178 valence electrons. The molecule has 2 aromatic rings. The summed E-state index contributed by atoms with van der Waals surface area (Å²) in [6, 6.07) is 8.39. The summed E-state index contributed by atoms with van der Waals surface area (Å²) in [7, 11) is 0. The standard InChI is InChI=1S/C25H26Cl2N4O3/c1-3-31(24-28-15-6-16-29-24)18-12-10-17(11-13-18)7-4-9-20(23(33)34)30-22(32)21-19(26)8-5-14-25(21,2)27/h4-8,10-16,20-21H,3,9H2,1-2H3,(H,30,32)(H,33,34)/b7-4+. The summed E-state index contributed by atoms with van der Waals surface area (Å²) in [4.78, 5) is 34.0. The van der Waals surface area contributed by atoms with Crippen LogP contribution >= 0.6 is 23.2 Å². The van der Waals surface area contributed by atoms with Gasteiger partial charge in [-0.1, -0.05) is 48.0 Å². The van der Waals surface area contributed by atoms with Crippen LogP contribution < -0.4 is 10.2 Å². The quantitative estimate of drug-likeness (QED) is 0.474. The number of carboxylic acids is 1. The Bertz CT molecular complexity index is 1100. The number of anilines is 2. The monoisotopic (exact) mass is 500 g/mol. The van der Waals surface area contributed by atoms with E-state index in [0.717, 1.165) is 11.3 Å². The molecular formula is C25H26Cl2N4O3. The summed E-state index contributed by atoms with van der Waals surface area (Å²) >= 11 is 12.6. The fourth-order valence-corrected chi connectivity index (χ4v) is 4.37. The van der Waals surface area contributed by atoms with Crippen LogP contribution in [0.3, 0.4) is 0 Å². The van der Waals surface area contributed by atoms with Crippen LogP contribution in [0.15, 0.2) is 72.1 Å². The largest absolute Gasteiger partial charge is 0.480 e. The second-order valence-corrected chi connectivity index (χ2v) is 9.17. The number of carbonyl (C=O) groups excluding carboxylic acids is 1. The van der Waals surface area contributed by atoms with Crippen molar-refractivity contribution >= 4 is 52.8 Å². The molecule has 7 nitrogen and oxygen atoms in total. The second-order valence-electron chi connectivity index (χ2n) is 7.92. The molecule has 3 unspecified atom stereocenters. The smallest absolute Gasteiger partial charge is 0.326 e. The maximum Gasteiger partial charge on any atom is 0.326 e. The van der Waals surface area contributed by atoms with E-state index in [9.17, 15) is 14.7 Å². The third-order valence-corrected chi connectivity index (χ3v) is 6.08. The lowest BCUT2D eigenvalue weighted by Crippen LogP contribution is -2.48. The first-order valence-electron chi connectivity index (χ1n) is 10.8. The molecule has 1 aromatic heterocycles. The van der Waals surface area contributed by atoms with E-state index in [1.807, 2.05) is 42.2 Å². The Hall–Kier alpha value is -3.16. The molecule has 1 heterocycles. The summed E-state index contributed by atoms with van der Waals surface area (Å²) in [5.41, 5.74) is 1.83. The Morgan fingerprint density at radius 2 is 1.94 bits per heavy atom. The van der Waals surface area contributed by atoms with Gasteiger partial charge >= 0.3 is 5.97 Å². The Kier molecular flexibility index (Phi) is 8.47. The summed E-state index contributed by atoms with van der Waals surface area (Å²) in [6.07, 6.45) is 11.9. The van der Waals surface area contributed by atoms with Crippen LogP contribution in [-0.2, 0) is 9.59 Å². The molecule has 0 saturated heterocycles. The van der Waals surface area contributed by atoms with Gasteiger partial charge in [-0.3, -0.25) is 4.79 Å². The van der Waals surface area contributed by atoms with Crippen molar-refractivity contribution in [2.24, 2.45) is 5.92 Å². The Morgan fingerprint density at radius 1 is 1.26 bits per heavy atom. The van der Waals surface area contributed by atoms with Gasteiger partial charge in [-0.05, 0) is 50.1 Å². The van der Waals surface area contributed by atoms with Crippen LogP contribution in [0.5, 0.6) is 0 Å². The summed E-state index contributed by atoms with van der Waals surface area (Å²) in [6.45, 7) is 4.38. The molecule has 0 bridgehead atoms. The van der Waals surface area contributed by atoms with Crippen molar-refractivity contribution in [3.63, 3.8) is 0 Å². The second kappa shape index (κ2) is 11.3. The number of aromatic nitrogens is 2. The Balaban J connectivity index is 1.64. The van der Waals surface area contributed by atoms with Gasteiger partial charge in [0.25, 0.3) is 0 Å². The molecule has 1 aliphatic rings. The average Bonchev–Trinajstić information content (AvgIpc) is 2.80. The molecule has 3 rings (SSSR count). The van der Waals surface area contributed by atoms with Crippen LogP contribution in [-0.4, -0.2) is 44.4 Å². The third-order valence-electron chi connectivity index (χ3n) is 5.39. The minimum absolute atomic E-state index is 0.102. The van der Waals surface area contributed by atoms with Gasteiger partial charge in [-0.25, -0.2) is 14.8 Å². The highest BCUT2D eigenvalue weighted by molar-refractivity contribution is 6.35. The normalized spacial score (nSPS) is 20.6. The Morgan fingerprint density at radius 3 is 2.53 bits per heavy atom. The Labute approximate surface area is 208 Å². The summed E-state index contributed by atoms with van der Waals surface area (Å²) < 4.78 is 0. The van der Waals surface area contributed by atoms with Crippen molar-refractivity contribution in [2.45, 2.75) is 31.2 Å². The van der Waals surface area contributed by atoms with Crippen molar-refractivity contribution in [2.75, 3.05) is 11.4 Å². The van der Waals surface area contributed by atoms with Gasteiger partial charge in [-0.2, -0.15) is 0 Å². The van der Waals surface area contributed by atoms with E-state index in [1.54, 1.807) is 49.7 Å². The minimum atomic E-state index is -1.14. The number of nitrogens with one attached hydrogen (secondary N) is 1. The first kappa shape index (κ1) is 25.5. The number of alkyl halides is 1. The lowest BCUT2D eigenvalue weighted by Gasteiger charge is -2.31. The minimum Gasteiger partial charge on any atom is -0.480 e. The molecule has 0 saturated carbocycles. The molecule has 0 radical (unpaired) electrons. The average molecular weight is 501 g/mol. The maximum atomic E-state index is 12.8. The van der Waals surface area contributed by atoms with Crippen molar-refractivity contribution in [3.05, 3.63) is 77.6 Å². The molecule has 34 heavy (non-hydrogen) atoms. The number of hydrogen-bond donors (Lipinski definition) is 2. The van der Waals surface area contributed by atoms with E-state index >= 15 is 0 Å². The molecule has 1 amide bonds. The van der Waals surface area contributed by atoms with Crippen LogP contribution in [0.4, 0.5) is 11.6 Å². The highest BCUT2D eigenvalue weighted by Crippen LogP contribution is 2.37. The molecule has 2 N–H and O–H groups in total. The molecule has 0 fully saturated rings. The lowest BCUT2D eigenvalue weighted by molar-refractivity contribution is -0.142. The first-order valence-corrected chi connectivity index (χ1v) is 11.6.